The smallest absolute Gasteiger partial charge is 0.238 e. The minimum absolute atomic E-state index is 0.0152. The van der Waals surface area contributed by atoms with Gasteiger partial charge in [-0.15, -0.1) is 0 Å². The molecular formula is C15H27N5O. The van der Waals surface area contributed by atoms with E-state index in [0.717, 1.165) is 29.9 Å². The van der Waals surface area contributed by atoms with E-state index in [1.54, 1.807) is 4.68 Å². The van der Waals surface area contributed by atoms with Crippen molar-refractivity contribution in [2.24, 2.45) is 12.8 Å². The summed E-state index contributed by atoms with van der Waals surface area (Å²) in [4.78, 5) is 14.6. The second-order valence-corrected chi connectivity index (χ2v) is 6.06. The van der Waals surface area contributed by atoms with E-state index in [1.165, 1.54) is 6.42 Å². The number of carbonyl (C=O) groups excluding carboxylic acids is 1. The molecule has 1 fully saturated rings. The van der Waals surface area contributed by atoms with Crippen LogP contribution < -0.4 is 11.1 Å². The first-order chi connectivity index (χ1) is 9.93. The van der Waals surface area contributed by atoms with Gasteiger partial charge in [0, 0.05) is 25.7 Å². The van der Waals surface area contributed by atoms with Crippen molar-refractivity contribution in [1.82, 2.24) is 14.7 Å². The summed E-state index contributed by atoms with van der Waals surface area (Å²) in [6.45, 7) is 7.06. The van der Waals surface area contributed by atoms with E-state index in [9.17, 15) is 4.79 Å². The average Bonchev–Trinajstić information content (AvgIpc) is 2.67. The summed E-state index contributed by atoms with van der Waals surface area (Å²) in [7, 11) is 1.88. The van der Waals surface area contributed by atoms with E-state index >= 15 is 0 Å². The van der Waals surface area contributed by atoms with Crippen LogP contribution in [0.4, 0.5) is 5.69 Å². The molecule has 0 spiro atoms. The van der Waals surface area contributed by atoms with Gasteiger partial charge in [0.05, 0.1) is 23.6 Å². The Kier molecular flexibility index (Phi) is 5.00. The minimum atomic E-state index is 0.0152. The molecular weight excluding hydrogens is 266 g/mol. The van der Waals surface area contributed by atoms with Crippen LogP contribution >= 0.6 is 0 Å². The van der Waals surface area contributed by atoms with Crippen LogP contribution in [0.3, 0.4) is 0 Å². The molecule has 2 heterocycles. The molecule has 6 heteroatoms. The van der Waals surface area contributed by atoms with Gasteiger partial charge in [0.2, 0.25) is 5.91 Å². The lowest BCUT2D eigenvalue weighted by Crippen LogP contribution is -2.51. The molecule has 21 heavy (non-hydrogen) atoms. The van der Waals surface area contributed by atoms with Gasteiger partial charge >= 0.3 is 0 Å². The summed E-state index contributed by atoms with van der Waals surface area (Å²) in [6, 6.07) is 0.727. The lowest BCUT2D eigenvalue weighted by molar-refractivity contribution is -0.118. The molecule has 0 saturated carbocycles. The van der Waals surface area contributed by atoms with Crippen molar-refractivity contribution in [3.05, 3.63) is 11.4 Å². The Balaban J connectivity index is 2.03. The van der Waals surface area contributed by atoms with Crippen LogP contribution in [0.1, 0.15) is 37.6 Å². The fourth-order valence-electron chi connectivity index (χ4n) is 3.18. The largest absolute Gasteiger partial charge is 0.329 e. The second-order valence-electron chi connectivity index (χ2n) is 6.06. The molecule has 0 aromatic carbocycles. The van der Waals surface area contributed by atoms with E-state index in [1.807, 2.05) is 20.9 Å². The highest BCUT2D eigenvalue weighted by Crippen LogP contribution is 2.23. The summed E-state index contributed by atoms with van der Waals surface area (Å²) < 4.78 is 1.79. The molecule has 1 amide bonds. The maximum atomic E-state index is 12.4. The van der Waals surface area contributed by atoms with Gasteiger partial charge in [-0.1, -0.05) is 6.42 Å². The third-order valence-corrected chi connectivity index (χ3v) is 4.57. The van der Waals surface area contributed by atoms with Crippen molar-refractivity contribution < 1.29 is 4.79 Å². The highest BCUT2D eigenvalue weighted by molar-refractivity contribution is 5.93. The number of nitrogens with zero attached hydrogens (tertiary/aromatic N) is 3. The summed E-state index contributed by atoms with van der Waals surface area (Å²) in [5.74, 6) is 0.0152. The molecule has 1 aliphatic heterocycles. The van der Waals surface area contributed by atoms with Gasteiger partial charge in [-0.25, -0.2) is 0 Å². The van der Waals surface area contributed by atoms with Gasteiger partial charge in [-0.3, -0.25) is 14.4 Å². The van der Waals surface area contributed by atoms with E-state index in [4.69, 9.17) is 5.73 Å². The molecule has 3 N–H and O–H groups in total. The van der Waals surface area contributed by atoms with Crippen molar-refractivity contribution in [1.29, 1.82) is 0 Å². The quantitative estimate of drug-likeness (QED) is 0.874. The fourth-order valence-corrected chi connectivity index (χ4v) is 3.18. The summed E-state index contributed by atoms with van der Waals surface area (Å²) in [6.07, 6.45) is 3.41. The Labute approximate surface area is 126 Å². The van der Waals surface area contributed by atoms with Gasteiger partial charge in [0.25, 0.3) is 0 Å². The standard InChI is InChI=1S/C15H27N5O/c1-10-6-5-7-13(8-16)20(10)9-14(21)17-15-11(2)18-19(4)12(15)3/h10,13H,5-9,16H2,1-4H3,(H,17,21). The van der Waals surface area contributed by atoms with Gasteiger partial charge in [-0.2, -0.15) is 5.10 Å². The van der Waals surface area contributed by atoms with Gasteiger partial charge in [0.1, 0.15) is 0 Å². The molecule has 2 rings (SSSR count). The number of rotatable bonds is 4. The zero-order chi connectivity index (χ0) is 15.6. The molecule has 2 unspecified atom stereocenters. The molecule has 1 saturated heterocycles. The first-order valence-electron chi connectivity index (χ1n) is 7.70. The lowest BCUT2D eigenvalue weighted by atomic mass is 9.96. The van der Waals surface area contributed by atoms with Crippen molar-refractivity contribution in [2.75, 3.05) is 18.4 Å². The Morgan fingerprint density at radius 1 is 1.43 bits per heavy atom. The summed E-state index contributed by atoms with van der Waals surface area (Å²) in [5.41, 5.74) is 8.51. The van der Waals surface area contributed by atoms with Crippen LogP contribution in [-0.2, 0) is 11.8 Å². The highest BCUT2D eigenvalue weighted by Gasteiger charge is 2.28. The number of anilines is 1. The number of nitrogens with two attached hydrogens (primary N) is 1. The van der Waals surface area contributed by atoms with E-state index in [0.29, 0.717) is 25.2 Å². The number of likely N-dealkylation sites (tertiary alicyclic amines) is 1. The number of carbonyl (C=O) groups is 1. The predicted octanol–water partition coefficient (Wildman–Crippen LogP) is 1.18. The zero-order valence-corrected chi connectivity index (χ0v) is 13.5. The fraction of sp³-hybridized carbons (Fsp3) is 0.733. The number of hydrogen-bond acceptors (Lipinski definition) is 4. The number of aryl methyl sites for hydroxylation is 2. The maximum Gasteiger partial charge on any atom is 0.238 e. The monoisotopic (exact) mass is 293 g/mol. The maximum absolute atomic E-state index is 12.4. The van der Waals surface area contributed by atoms with Crippen molar-refractivity contribution in [2.45, 2.75) is 52.1 Å². The van der Waals surface area contributed by atoms with Crippen molar-refractivity contribution in [3.63, 3.8) is 0 Å². The highest BCUT2D eigenvalue weighted by atomic mass is 16.2. The topological polar surface area (TPSA) is 76.2 Å². The number of amides is 1. The Hall–Kier alpha value is -1.40. The zero-order valence-electron chi connectivity index (χ0n) is 13.5. The van der Waals surface area contributed by atoms with Crippen molar-refractivity contribution in [3.8, 4) is 0 Å². The van der Waals surface area contributed by atoms with Crippen molar-refractivity contribution >= 4 is 11.6 Å². The van der Waals surface area contributed by atoms with Crippen LogP contribution in [0, 0.1) is 13.8 Å². The first-order valence-corrected chi connectivity index (χ1v) is 7.70. The molecule has 0 aliphatic carbocycles. The van der Waals surface area contributed by atoms with Crippen LogP contribution in [-0.4, -0.2) is 45.8 Å². The van der Waals surface area contributed by atoms with E-state index in [-0.39, 0.29) is 5.91 Å². The number of hydrogen-bond donors (Lipinski definition) is 2. The minimum Gasteiger partial charge on any atom is -0.329 e. The molecule has 1 aromatic rings. The van der Waals surface area contributed by atoms with Gasteiger partial charge < -0.3 is 11.1 Å². The van der Waals surface area contributed by atoms with Gasteiger partial charge in [0.15, 0.2) is 0 Å². The SMILES string of the molecule is Cc1nn(C)c(C)c1NC(=O)CN1C(C)CCCC1CN. The molecule has 1 aromatic heterocycles. The van der Waals surface area contributed by atoms with E-state index < -0.39 is 0 Å². The van der Waals surface area contributed by atoms with Gasteiger partial charge in [-0.05, 0) is 33.6 Å². The number of aromatic nitrogens is 2. The average molecular weight is 293 g/mol. The third-order valence-electron chi connectivity index (χ3n) is 4.57. The lowest BCUT2D eigenvalue weighted by Gasteiger charge is -2.39. The predicted molar refractivity (Wildman–Crippen MR) is 84.2 cm³/mol. The van der Waals surface area contributed by atoms with E-state index in [2.05, 4.69) is 22.2 Å². The Bertz CT molecular complexity index is 510. The number of nitrogens with one attached hydrogen (secondary N) is 1. The summed E-state index contributed by atoms with van der Waals surface area (Å²) >= 11 is 0. The van der Waals surface area contributed by atoms with Crippen LogP contribution in [0.15, 0.2) is 0 Å². The van der Waals surface area contributed by atoms with Crippen LogP contribution in [0.25, 0.3) is 0 Å². The molecule has 6 nitrogen and oxygen atoms in total. The summed E-state index contributed by atoms with van der Waals surface area (Å²) in [5, 5.41) is 7.33. The molecule has 2 atom stereocenters. The first kappa shape index (κ1) is 16.0. The molecule has 0 radical (unpaired) electrons. The molecule has 118 valence electrons. The Morgan fingerprint density at radius 3 is 2.71 bits per heavy atom. The normalized spacial score (nSPS) is 23.3. The van der Waals surface area contributed by atoms with Crippen LogP contribution in [0.2, 0.25) is 0 Å². The Morgan fingerprint density at radius 2 is 2.14 bits per heavy atom. The molecule has 0 bridgehead atoms. The second kappa shape index (κ2) is 6.58. The molecule has 1 aliphatic rings. The third kappa shape index (κ3) is 3.44. The number of piperidine rings is 1. The van der Waals surface area contributed by atoms with Crippen LogP contribution in [0.5, 0.6) is 0 Å².